The average Bonchev–Trinajstić information content (AvgIpc) is 2.82. The highest BCUT2D eigenvalue weighted by Gasteiger charge is 2.47. The third-order valence-corrected chi connectivity index (χ3v) is 6.33. The molecule has 0 aliphatic heterocycles. The molecule has 0 saturated carbocycles. The van der Waals surface area contributed by atoms with Crippen molar-refractivity contribution in [2.24, 2.45) is 0 Å². The zero-order valence-corrected chi connectivity index (χ0v) is 18.2. The van der Waals surface area contributed by atoms with Gasteiger partial charge in [0.2, 0.25) is 0 Å². The van der Waals surface area contributed by atoms with Crippen LogP contribution in [0.4, 0.5) is 13.2 Å². The minimum absolute atomic E-state index is 0.0276. The number of benzene rings is 2. The van der Waals surface area contributed by atoms with E-state index in [-0.39, 0.29) is 60.1 Å². The standard InChI is InChI=1S/C24H20F3NO7/c1-2-34-35-10-9-23(28-22(33)24(25,26)27)8-7-14-15(11-23)21(32)17-16(20(14)31)18(29)12-5-3-4-6-13(12)19(17)30/h2-6,31-32H,1,7-11H2,(H,28,33). The van der Waals surface area contributed by atoms with Crippen LogP contribution in [0.1, 0.15) is 55.8 Å². The van der Waals surface area contributed by atoms with Crippen molar-refractivity contribution in [3.8, 4) is 11.5 Å². The van der Waals surface area contributed by atoms with E-state index in [2.05, 4.69) is 11.5 Å². The Hall–Kier alpha value is -3.86. The van der Waals surface area contributed by atoms with E-state index in [1.807, 2.05) is 5.32 Å². The summed E-state index contributed by atoms with van der Waals surface area (Å²) in [5.74, 6) is -4.67. The molecule has 0 fully saturated rings. The van der Waals surface area contributed by atoms with Gasteiger partial charge in [-0.3, -0.25) is 14.4 Å². The molecule has 1 atom stereocenters. The first-order valence-electron chi connectivity index (χ1n) is 10.6. The van der Waals surface area contributed by atoms with E-state index in [9.17, 15) is 37.8 Å². The normalized spacial score (nSPS) is 18.8. The average molecular weight is 491 g/mol. The van der Waals surface area contributed by atoms with Crippen molar-refractivity contribution in [1.82, 2.24) is 5.32 Å². The molecule has 11 heteroatoms. The predicted molar refractivity (Wildman–Crippen MR) is 114 cm³/mol. The molecule has 8 nitrogen and oxygen atoms in total. The second-order valence-electron chi connectivity index (χ2n) is 8.35. The Morgan fingerprint density at radius 2 is 1.66 bits per heavy atom. The number of hydrogen-bond donors (Lipinski definition) is 3. The van der Waals surface area contributed by atoms with E-state index < -0.39 is 46.3 Å². The lowest BCUT2D eigenvalue weighted by Crippen LogP contribution is -2.56. The van der Waals surface area contributed by atoms with Crippen LogP contribution in [0.5, 0.6) is 11.5 Å². The molecule has 0 spiro atoms. The number of ketones is 2. The molecule has 184 valence electrons. The number of halogens is 3. The van der Waals surface area contributed by atoms with E-state index in [1.165, 1.54) is 18.2 Å². The van der Waals surface area contributed by atoms with Crippen LogP contribution in [0.15, 0.2) is 37.1 Å². The van der Waals surface area contributed by atoms with E-state index in [1.54, 1.807) is 6.07 Å². The van der Waals surface area contributed by atoms with Crippen LogP contribution >= 0.6 is 0 Å². The maximum Gasteiger partial charge on any atom is 0.471 e. The van der Waals surface area contributed by atoms with Gasteiger partial charge in [-0.2, -0.15) is 18.1 Å². The van der Waals surface area contributed by atoms with Crippen molar-refractivity contribution >= 4 is 17.5 Å². The zero-order valence-electron chi connectivity index (χ0n) is 18.2. The van der Waals surface area contributed by atoms with Crippen molar-refractivity contribution in [3.63, 3.8) is 0 Å². The molecule has 0 aromatic heterocycles. The Balaban J connectivity index is 1.80. The van der Waals surface area contributed by atoms with Gasteiger partial charge in [-0.25, -0.2) is 0 Å². The van der Waals surface area contributed by atoms with Crippen LogP contribution in [0, 0.1) is 0 Å². The van der Waals surface area contributed by atoms with Gasteiger partial charge in [-0.15, -0.1) is 0 Å². The van der Waals surface area contributed by atoms with Gasteiger partial charge < -0.3 is 20.4 Å². The van der Waals surface area contributed by atoms with E-state index in [0.717, 1.165) is 6.26 Å². The second-order valence-corrected chi connectivity index (χ2v) is 8.35. The largest absolute Gasteiger partial charge is 0.507 e. The summed E-state index contributed by atoms with van der Waals surface area (Å²) in [4.78, 5) is 47.4. The Kier molecular flexibility index (Phi) is 6.05. The fourth-order valence-electron chi connectivity index (χ4n) is 4.69. The van der Waals surface area contributed by atoms with Crippen LogP contribution in [0.2, 0.25) is 0 Å². The number of phenols is 2. The summed E-state index contributed by atoms with van der Waals surface area (Å²) in [5, 5.41) is 24.0. The quantitative estimate of drug-likeness (QED) is 0.159. The summed E-state index contributed by atoms with van der Waals surface area (Å²) in [5.41, 5.74) is -2.12. The first-order valence-corrected chi connectivity index (χ1v) is 10.6. The van der Waals surface area contributed by atoms with E-state index in [0.29, 0.717) is 0 Å². The Labute approximate surface area is 196 Å². The van der Waals surface area contributed by atoms with Gasteiger partial charge in [0.05, 0.1) is 17.7 Å². The molecule has 0 radical (unpaired) electrons. The third kappa shape index (κ3) is 4.12. The molecule has 2 aromatic carbocycles. The first kappa shape index (κ1) is 24.3. The maximum atomic E-state index is 13.1. The number of alkyl halides is 3. The molecular weight excluding hydrogens is 471 g/mol. The predicted octanol–water partition coefficient (Wildman–Crippen LogP) is 3.26. The summed E-state index contributed by atoms with van der Waals surface area (Å²) in [6, 6.07) is 5.92. The maximum absolute atomic E-state index is 13.1. The van der Waals surface area contributed by atoms with Gasteiger partial charge in [0.25, 0.3) is 0 Å². The van der Waals surface area contributed by atoms with Gasteiger partial charge in [-0.05, 0) is 25.7 Å². The molecule has 4 rings (SSSR count). The van der Waals surface area contributed by atoms with Crippen molar-refractivity contribution in [2.75, 3.05) is 6.61 Å². The number of nitrogens with one attached hydrogen (secondary N) is 1. The molecule has 35 heavy (non-hydrogen) atoms. The van der Waals surface area contributed by atoms with Crippen LogP contribution in [-0.2, 0) is 27.4 Å². The number of hydrogen-bond acceptors (Lipinski definition) is 7. The van der Waals surface area contributed by atoms with Crippen LogP contribution in [-0.4, -0.2) is 46.0 Å². The lowest BCUT2D eigenvalue weighted by molar-refractivity contribution is -0.251. The number of aromatic hydroxyl groups is 2. The van der Waals surface area contributed by atoms with Crippen molar-refractivity contribution in [1.29, 1.82) is 0 Å². The number of fused-ring (bicyclic) bond motifs is 3. The highest BCUT2D eigenvalue weighted by Crippen LogP contribution is 2.47. The lowest BCUT2D eigenvalue weighted by atomic mass is 9.72. The van der Waals surface area contributed by atoms with Crippen molar-refractivity contribution in [2.45, 2.75) is 37.4 Å². The minimum atomic E-state index is -5.17. The Morgan fingerprint density at radius 3 is 2.20 bits per heavy atom. The third-order valence-electron chi connectivity index (χ3n) is 6.33. The molecule has 2 aromatic rings. The van der Waals surface area contributed by atoms with Crippen LogP contribution in [0.3, 0.4) is 0 Å². The number of rotatable bonds is 6. The van der Waals surface area contributed by atoms with Crippen LogP contribution < -0.4 is 5.32 Å². The number of carbonyl (C=O) groups is 3. The summed E-state index contributed by atoms with van der Waals surface area (Å²) in [6.07, 6.45) is -4.90. The topological polar surface area (TPSA) is 122 Å². The summed E-state index contributed by atoms with van der Waals surface area (Å²) in [6.45, 7) is 3.04. The number of amides is 1. The molecular formula is C24H20F3NO7. The fourth-order valence-corrected chi connectivity index (χ4v) is 4.69. The summed E-state index contributed by atoms with van der Waals surface area (Å²) >= 11 is 0. The zero-order chi connectivity index (χ0) is 25.5. The van der Waals surface area contributed by atoms with E-state index >= 15 is 0 Å². The molecule has 2 aliphatic carbocycles. The monoisotopic (exact) mass is 491 g/mol. The lowest BCUT2D eigenvalue weighted by Gasteiger charge is -2.40. The SMILES string of the molecule is C=COOCCC1(NC(=O)C(F)(F)F)CCc2c(O)c3c(c(O)c2C1)C(=O)c1ccccc1C3=O. The Morgan fingerprint density at radius 1 is 1.09 bits per heavy atom. The molecule has 1 unspecified atom stereocenters. The fraction of sp³-hybridized carbons (Fsp3) is 0.292. The molecule has 0 bridgehead atoms. The molecule has 2 aliphatic rings. The van der Waals surface area contributed by atoms with Crippen molar-refractivity contribution in [3.05, 3.63) is 70.5 Å². The summed E-state index contributed by atoms with van der Waals surface area (Å²) in [7, 11) is 0. The highest BCUT2D eigenvalue weighted by atomic mass is 19.4. The highest BCUT2D eigenvalue weighted by molar-refractivity contribution is 6.30. The van der Waals surface area contributed by atoms with Crippen LogP contribution in [0.25, 0.3) is 0 Å². The van der Waals surface area contributed by atoms with E-state index in [4.69, 9.17) is 4.89 Å². The van der Waals surface area contributed by atoms with Gasteiger partial charge in [0.15, 0.2) is 11.6 Å². The first-order chi connectivity index (χ1) is 16.5. The molecule has 0 heterocycles. The van der Waals surface area contributed by atoms with Crippen molar-refractivity contribution < 1.29 is 47.5 Å². The number of carbonyl (C=O) groups excluding carboxylic acids is 3. The van der Waals surface area contributed by atoms with Gasteiger partial charge in [0, 0.05) is 27.8 Å². The second kappa shape index (κ2) is 8.73. The molecule has 0 saturated heterocycles. The Bertz CT molecular complexity index is 1250. The van der Waals surface area contributed by atoms with Gasteiger partial charge >= 0.3 is 12.1 Å². The molecule has 1 amide bonds. The van der Waals surface area contributed by atoms with Gasteiger partial charge in [0.1, 0.15) is 17.8 Å². The number of phenolic OH excluding ortho intramolecular Hbond substituents is 2. The molecule has 3 N–H and O–H groups in total. The van der Waals surface area contributed by atoms with Gasteiger partial charge in [-0.1, -0.05) is 30.8 Å². The minimum Gasteiger partial charge on any atom is -0.507 e. The summed E-state index contributed by atoms with van der Waals surface area (Å²) < 4.78 is 39.2. The smallest absolute Gasteiger partial charge is 0.471 e.